The van der Waals surface area contributed by atoms with Gasteiger partial charge in [-0.3, -0.25) is 9.59 Å². The number of nitrogens with one attached hydrogen (secondary N) is 2. The smallest absolute Gasteiger partial charge is 0.194 e. The average Bonchev–Trinajstić information content (AvgIpc) is 2.71. The summed E-state index contributed by atoms with van der Waals surface area (Å²) < 4.78 is 11.7. The number of ether oxygens (including phenoxy) is 2. The summed E-state index contributed by atoms with van der Waals surface area (Å²) in [6.45, 7) is 15.9. The Balaban J connectivity index is 1.90. The van der Waals surface area contributed by atoms with Gasteiger partial charge in [-0.25, -0.2) is 0 Å². The first kappa shape index (κ1) is 20.6. The summed E-state index contributed by atoms with van der Waals surface area (Å²) in [6.07, 6.45) is 3.48. The minimum Gasteiger partial charge on any atom is -0.389 e. The van der Waals surface area contributed by atoms with Crippen molar-refractivity contribution in [3.05, 3.63) is 23.5 Å². The van der Waals surface area contributed by atoms with Crippen molar-refractivity contribution in [1.29, 1.82) is 0 Å². The van der Waals surface area contributed by atoms with Crippen LogP contribution in [0.2, 0.25) is 0 Å². The second-order valence-electron chi connectivity index (χ2n) is 8.93. The molecule has 2 saturated heterocycles. The molecule has 0 aromatic rings. The molecule has 0 amide bonds. The monoisotopic (exact) mass is 364 g/mol. The van der Waals surface area contributed by atoms with Crippen molar-refractivity contribution in [2.24, 2.45) is 0 Å². The Bertz CT molecular complexity index is 611. The van der Waals surface area contributed by atoms with Crippen LogP contribution in [0, 0.1) is 0 Å². The fourth-order valence-electron chi connectivity index (χ4n) is 3.65. The topological polar surface area (TPSA) is 76.7 Å². The van der Waals surface area contributed by atoms with Gasteiger partial charge in [0, 0.05) is 36.6 Å². The van der Waals surface area contributed by atoms with Gasteiger partial charge in [-0.2, -0.15) is 0 Å². The van der Waals surface area contributed by atoms with Gasteiger partial charge < -0.3 is 20.1 Å². The Labute approximate surface area is 156 Å². The van der Waals surface area contributed by atoms with Crippen molar-refractivity contribution >= 4 is 11.6 Å². The quantitative estimate of drug-likeness (QED) is 0.576. The molecule has 0 radical (unpaired) electrons. The number of Topliss-reactive ketones (excluding diaryl/α,β-unsaturated/α-hetero) is 2. The normalized spacial score (nSPS) is 28.8. The molecule has 0 bridgehead atoms. The van der Waals surface area contributed by atoms with E-state index in [1.807, 2.05) is 27.7 Å². The molecule has 2 aliphatic rings. The Kier molecular flexibility index (Phi) is 5.16. The third kappa shape index (κ3) is 3.86. The lowest BCUT2D eigenvalue weighted by atomic mass is 9.93. The fourth-order valence-corrected chi connectivity index (χ4v) is 3.65. The SMILES string of the molecule is CC1(C)OC(C)(C)/C(=C/NCCN/C=C2\C(=O)C(C)(C)OC2(C)C)C1=O. The van der Waals surface area contributed by atoms with Gasteiger partial charge in [0.05, 0.1) is 11.2 Å². The number of hydrogen-bond acceptors (Lipinski definition) is 6. The van der Waals surface area contributed by atoms with Gasteiger partial charge in [0.25, 0.3) is 0 Å². The lowest BCUT2D eigenvalue weighted by molar-refractivity contribution is -0.132. The molecule has 6 nitrogen and oxygen atoms in total. The van der Waals surface area contributed by atoms with Crippen molar-refractivity contribution in [3.63, 3.8) is 0 Å². The van der Waals surface area contributed by atoms with E-state index in [-0.39, 0.29) is 11.6 Å². The van der Waals surface area contributed by atoms with Crippen LogP contribution in [-0.4, -0.2) is 47.1 Å². The molecular formula is C20H32N2O4. The molecule has 6 heteroatoms. The Morgan fingerprint density at radius 3 is 1.19 bits per heavy atom. The zero-order valence-electron chi connectivity index (χ0n) is 17.2. The van der Waals surface area contributed by atoms with Gasteiger partial charge in [-0.1, -0.05) is 0 Å². The highest BCUT2D eigenvalue weighted by atomic mass is 16.5. The highest BCUT2D eigenvalue weighted by Gasteiger charge is 2.50. The molecule has 2 N–H and O–H groups in total. The van der Waals surface area contributed by atoms with Gasteiger partial charge >= 0.3 is 0 Å². The van der Waals surface area contributed by atoms with E-state index in [9.17, 15) is 9.59 Å². The number of hydrogen-bond donors (Lipinski definition) is 2. The lowest BCUT2D eigenvalue weighted by Crippen LogP contribution is -2.29. The summed E-state index contributed by atoms with van der Waals surface area (Å²) in [6, 6.07) is 0. The van der Waals surface area contributed by atoms with E-state index in [2.05, 4.69) is 10.6 Å². The van der Waals surface area contributed by atoms with E-state index >= 15 is 0 Å². The van der Waals surface area contributed by atoms with Crippen molar-refractivity contribution < 1.29 is 19.1 Å². The molecule has 0 aromatic heterocycles. The molecule has 26 heavy (non-hydrogen) atoms. The molecule has 2 aliphatic heterocycles. The average molecular weight is 364 g/mol. The van der Waals surface area contributed by atoms with Gasteiger partial charge in [-0.05, 0) is 55.4 Å². The van der Waals surface area contributed by atoms with Crippen LogP contribution in [0.1, 0.15) is 55.4 Å². The van der Waals surface area contributed by atoms with Crippen LogP contribution >= 0.6 is 0 Å². The fraction of sp³-hybridized carbons (Fsp3) is 0.700. The summed E-state index contributed by atoms with van der Waals surface area (Å²) in [5, 5.41) is 6.31. The maximum Gasteiger partial charge on any atom is 0.194 e. The summed E-state index contributed by atoms with van der Waals surface area (Å²) in [5.41, 5.74) is -1.51. The lowest BCUT2D eigenvalue weighted by Gasteiger charge is -2.22. The van der Waals surface area contributed by atoms with Crippen LogP contribution in [0.25, 0.3) is 0 Å². The number of rotatable bonds is 5. The summed E-state index contributed by atoms with van der Waals surface area (Å²) in [4.78, 5) is 24.8. The van der Waals surface area contributed by atoms with Crippen LogP contribution in [0.3, 0.4) is 0 Å². The molecule has 146 valence electrons. The largest absolute Gasteiger partial charge is 0.389 e. The van der Waals surface area contributed by atoms with E-state index in [0.29, 0.717) is 24.2 Å². The Morgan fingerprint density at radius 1 is 0.654 bits per heavy atom. The van der Waals surface area contributed by atoms with Crippen molar-refractivity contribution in [2.75, 3.05) is 13.1 Å². The standard InChI is InChI=1S/C20H32N2O4/c1-17(2)13(15(23)19(5,6)25-17)11-21-9-10-22-12-14-16(24)20(7,8)26-18(14,3)4/h11-12,21-22H,9-10H2,1-8H3/b13-11+,14-12+. The predicted molar refractivity (Wildman–Crippen MR) is 101 cm³/mol. The van der Waals surface area contributed by atoms with E-state index in [4.69, 9.17) is 9.47 Å². The second-order valence-corrected chi connectivity index (χ2v) is 8.93. The number of ketones is 2. The number of carbonyl (C=O) groups excluding carboxylic acids is 2. The summed E-state index contributed by atoms with van der Waals surface area (Å²) >= 11 is 0. The molecule has 0 aliphatic carbocycles. The highest BCUT2D eigenvalue weighted by Crippen LogP contribution is 2.39. The van der Waals surface area contributed by atoms with Crippen LogP contribution in [0.15, 0.2) is 23.5 Å². The third-order valence-corrected chi connectivity index (χ3v) is 4.81. The third-order valence-electron chi connectivity index (χ3n) is 4.81. The van der Waals surface area contributed by atoms with Crippen LogP contribution < -0.4 is 10.6 Å². The molecule has 0 unspecified atom stereocenters. The first-order valence-electron chi connectivity index (χ1n) is 9.09. The minimum absolute atomic E-state index is 0.00255. The molecule has 2 heterocycles. The molecule has 0 atom stereocenters. The predicted octanol–water partition coefficient (Wildman–Crippen LogP) is 2.25. The van der Waals surface area contributed by atoms with E-state index < -0.39 is 22.4 Å². The van der Waals surface area contributed by atoms with E-state index in [0.717, 1.165) is 0 Å². The van der Waals surface area contributed by atoms with Crippen molar-refractivity contribution in [3.8, 4) is 0 Å². The van der Waals surface area contributed by atoms with E-state index in [1.54, 1.807) is 40.1 Å². The molecule has 2 rings (SSSR count). The van der Waals surface area contributed by atoms with Gasteiger partial charge in [-0.15, -0.1) is 0 Å². The molecule has 0 aromatic carbocycles. The first-order chi connectivity index (χ1) is 11.7. The van der Waals surface area contributed by atoms with E-state index in [1.165, 1.54) is 0 Å². The van der Waals surface area contributed by atoms with Gasteiger partial charge in [0.1, 0.15) is 11.2 Å². The Hall–Kier alpha value is -1.66. The maximum absolute atomic E-state index is 12.4. The van der Waals surface area contributed by atoms with Crippen LogP contribution in [-0.2, 0) is 19.1 Å². The maximum atomic E-state index is 12.4. The number of carbonyl (C=O) groups is 2. The highest BCUT2D eigenvalue weighted by molar-refractivity contribution is 6.05. The first-order valence-corrected chi connectivity index (χ1v) is 9.09. The second kappa shape index (κ2) is 6.50. The molecule has 2 fully saturated rings. The minimum atomic E-state index is -0.791. The van der Waals surface area contributed by atoms with Crippen LogP contribution in [0.5, 0.6) is 0 Å². The Morgan fingerprint density at radius 2 is 0.962 bits per heavy atom. The molecular weight excluding hydrogens is 332 g/mol. The van der Waals surface area contributed by atoms with Crippen LogP contribution in [0.4, 0.5) is 0 Å². The van der Waals surface area contributed by atoms with Gasteiger partial charge in [0.15, 0.2) is 11.6 Å². The molecule has 0 saturated carbocycles. The molecule has 0 spiro atoms. The van der Waals surface area contributed by atoms with Crippen molar-refractivity contribution in [1.82, 2.24) is 10.6 Å². The van der Waals surface area contributed by atoms with Gasteiger partial charge in [0.2, 0.25) is 0 Å². The van der Waals surface area contributed by atoms with Crippen molar-refractivity contribution in [2.45, 2.75) is 77.8 Å². The zero-order chi connectivity index (χ0) is 20.0. The summed E-state index contributed by atoms with van der Waals surface area (Å²) in [5.74, 6) is 0.00511. The zero-order valence-corrected chi connectivity index (χ0v) is 17.2. The summed E-state index contributed by atoms with van der Waals surface area (Å²) in [7, 11) is 0.